The fourth-order valence-corrected chi connectivity index (χ4v) is 5.12. The van der Waals surface area contributed by atoms with Crippen LogP contribution >= 0.6 is 0 Å². The first kappa shape index (κ1) is 19.7. The van der Waals surface area contributed by atoms with E-state index in [0.717, 1.165) is 5.56 Å². The van der Waals surface area contributed by atoms with Crippen molar-refractivity contribution in [1.29, 1.82) is 0 Å². The summed E-state index contributed by atoms with van der Waals surface area (Å²) in [6.45, 7) is 10.6. The molecule has 4 aromatic carbocycles. The van der Waals surface area contributed by atoms with Crippen LogP contribution in [0.2, 0.25) is 0 Å². The molecule has 1 aliphatic heterocycles. The summed E-state index contributed by atoms with van der Waals surface area (Å²) in [5.74, 6) is 0. The van der Waals surface area contributed by atoms with E-state index in [1.807, 2.05) is 0 Å². The van der Waals surface area contributed by atoms with Gasteiger partial charge >= 0.3 is 0 Å². The van der Waals surface area contributed by atoms with Crippen molar-refractivity contribution in [2.45, 2.75) is 52.1 Å². The summed E-state index contributed by atoms with van der Waals surface area (Å²) in [5.41, 5.74) is 9.43. The maximum Gasteiger partial charge on any atom is 0.185 e. The molecule has 1 saturated heterocycles. The van der Waals surface area contributed by atoms with Gasteiger partial charge in [-0.1, -0.05) is 66.7 Å². The molecule has 0 aromatic heterocycles. The zero-order valence-electron chi connectivity index (χ0n) is 19.3. The normalized spacial score (nSPS) is 18.3. The van der Waals surface area contributed by atoms with Gasteiger partial charge in [-0.2, -0.15) is 0 Å². The minimum atomic E-state index is -0.365. The van der Waals surface area contributed by atoms with E-state index in [1.54, 1.807) is 0 Å². The second-order valence-electron chi connectivity index (χ2n) is 10.1. The van der Waals surface area contributed by atoms with Crippen LogP contribution in [0.25, 0.3) is 44.2 Å². The van der Waals surface area contributed by atoms with Crippen molar-refractivity contribution >= 4 is 10.8 Å². The van der Waals surface area contributed by atoms with Crippen molar-refractivity contribution in [3.8, 4) is 33.4 Å². The van der Waals surface area contributed by atoms with Crippen molar-refractivity contribution in [3.63, 3.8) is 0 Å². The molecule has 0 amide bonds. The van der Waals surface area contributed by atoms with Gasteiger partial charge in [-0.25, -0.2) is 0 Å². The SMILES string of the molecule is Cc1ccccc1-c1ccc2c(c1)-c1cccc3c(C4OC(C)(C)C(C)(C)O4)ccc-2c13. The van der Waals surface area contributed by atoms with Crippen LogP contribution in [0.15, 0.2) is 72.8 Å². The summed E-state index contributed by atoms with van der Waals surface area (Å²) in [7, 11) is 0. The zero-order valence-corrected chi connectivity index (χ0v) is 19.3. The number of hydrogen-bond donors (Lipinski definition) is 0. The number of rotatable bonds is 2. The fourth-order valence-electron chi connectivity index (χ4n) is 5.12. The molecule has 0 atom stereocenters. The van der Waals surface area contributed by atoms with Gasteiger partial charge in [-0.15, -0.1) is 0 Å². The molecule has 1 fully saturated rings. The lowest BCUT2D eigenvalue weighted by Crippen LogP contribution is -2.41. The van der Waals surface area contributed by atoms with E-state index in [0.29, 0.717) is 0 Å². The third-order valence-corrected chi connectivity index (χ3v) is 7.64. The van der Waals surface area contributed by atoms with Gasteiger partial charge in [0.2, 0.25) is 0 Å². The molecule has 1 aliphatic carbocycles. The molecule has 0 bridgehead atoms. The molecule has 0 radical (unpaired) electrons. The summed E-state index contributed by atoms with van der Waals surface area (Å²) < 4.78 is 12.8. The standard InChI is InChI=1S/C30H28O2/c1-18-9-6-7-10-20(18)19-13-14-21-24-15-16-25(28-31-29(2,3)30(4,5)32-28)22-11-8-12-23(27(22)24)26(21)17-19/h6-17,28H,1-5H3. The summed E-state index contributed by atoms with van der Waals surface area (Å²) in [5, 5.41) is 2.52. The smallest absolute Gasteiger partial charge is 0.185 e. The first-order valence-electron chi connectivity index (χ1n) is 11.4. The first-order valence-corrected chi connectivity index (χ1v) is 11.4. The van der Waals surface area contributed by atoms with Crippen LogP contribution in [0, 0.1) is 6.92 Å². The molecule has 2 nitrogen and oxygen atoms in total. The highest BCUT2D eigenvalue weighted by Gasteiger charge is 2.50. The quantitative estimate of drug-likeness (QED) is 0.287. The summed E-state index contributed by atoms with van der Waals surface area (Å²) in [6.07, 6.45) is -0.365. The Hall–Kier alpha value is -2.94. The maximum atomic E-state index is 6.40. The molecule has 0 unspecified atom stereocenters. The minimum absolute atomic E-state index is 0.355. The first-order chi connectivity index (χ1) is 15.3. The molecule has 2 heteroatoms. The largest absolute Gasteiger partial charge is 0.339 e. The Balaban J connectivity index is 1.52. The lowest BCUT2D eigenvalue weighted by Gasteiger charge is -2.30. The third kappa shape index (κ3) is 2.66. The summed E-state index contributed by atoms with van der Waals surface area (Å²) in [6, 6.07) is 26.5. The number of benzene rings is 4. The fraction of sp³-hybridized carbons (Fsp3) is 0.267. The van der Waals surface area contributed by atoms with Crippen LogP contribution in [-0.4, -0.2) is 11.2 Å². The van der Waals surface area contributed by atoms with Crippen LogP contribution in [0.4, 0.5) is 0 Å². The van der Waals surface area contributed by atoms with Gasteiger partial charge in [0.1, 0.15) is 0 Å². The third-order valence-electron chi connectivity index (χ3n) is 7.64. The van der Waals surface area contributed by atoms with Crippen LogP contribution in [0.3, 0.4) is 0 Å². The average Bonchev–Trinajstić information content (AvgIpc) is 3.19. The second-order valence-corrected chi connectivity index (χ2v) is 10.1. The van der Waals surface area contributed by atoms with E-state index >= 15 is 0 Å². The lowest BCUT2D eigenvalue weighted by atomic mass is 9.90. The van der Waals surface area contributed by atoms with Gasteiger partial charge in [0.25, 0.3) is 0 Å². The highest BCUT2D eigenvalue weighted by atomic mass is 16.7. The van der Waals surface area contributed by atoms with Crippen molar-refractivity contribution in [1.82, 2.24) is 0 Å². The topological polar surface area (TPSA) is 18.5 Å². The number of fused-ring (bicyclic) bond motifs is 3. The highest BCUT2D eigenvalue weighted by Crippen LogP contribution is 2.52. The van der Waals surface area contributed by atoms with E-state index < -0.39 is 0 Å². The van der Waals surface area contributed by atoms with Gasteiger partial charge in [-0.05, 0) is 90.4 Å². The number of ether oxygens (including phenoxy) is 2. The molecule has 4 aromatic rings. The molecule has 0 saturated carbocycles. The van der Waals surface area contributed by atoms with Gasteiger partial charge in [0, 0.05) is 5.56 Å². The van der Waals surface area contributed by atoms with Gasteiger partial charge in [-0.3, -0.25) is 0 Å². The van der Waals surface area contributed by atoms with E-state index in [1.165, 1.54) is 49.7 Å². The van der Waals surface area contributed by atoms with E-state index in [2.05, 4.69) is 107 Å². The predicted molar refractivity (Wildman–Crippen MR) is 132 cm³/mol. The summed E-state index contributed by atoms with van der Waals surface area (Å²) >= 11 is 0. The Labute approximate surface area is 189 Å². The van der Waals surface area contributed by atoms with Gasteiger partial charge in [0.15, 0.2) is 6.29 Å². The van der Waals surface area contributed by atoms with E-state index in [9.17, 15) is 0 Å². The Kier molecular flexibility index (Phi) is 4.03. The van der Waals surface area contributed by atoms with Crippen LogP contribution in [0.5, 0.6) is 0 Å². The molecule has 32 heavy (non-hydrogen) atoms. The molecule has 0 spiro atoms. The lowest BCUT2D eigenvalue weighted by molar-refractivity contribution is -0.0885. The molecule has 2 aliphatic rings. The van der Waals surface area contributed by atoms with Crippen molar-refractivity contribution < 1.29 is 9.47 Å². The van der Waals surface area contributed by atoms with Gasteiger partial charge in [0.05, 0.1) is 11.2 Å². The predicted octanol–water partition coefficient (Wildman–Crippen LogP) is 8.07. The molecule has 6 rings (SSSR count). The monoisotopic (exact) mass is 420 g/mol. The summed E-state index contributed by atoms with van der Waals surface area (Å²) in [4.78, 5) is 0. The van der Waals surface area contributed by atoms with E-state index in [4.69, 9.17) is 9.47 Å². The van der Waals surface area contributed by atoms with Crippen molar-refractivity contribution in [3.05, 3.63) is 83.9 Å². The molecular formula is C30H28O2. The van der Waals surface area contributed by atoms with Crippen LogP contribution < -0.4 is 0 Å². The molecule has 160 valence electrons. The Morgan fingerprint density at radius 3 is 2.03 bits per heavy atom. The van der Waals surface area contributed by atoms with Crippen molar-refractivity contribution in [2.24, 2.45) is 0 Å². The van der Waals surface area contributed by atoms with Crippen LogP contribution in [-0.2, 0) is 9.47 Å². The Bertz CT molecular complexity index is 1380. The van der Waals surface area contributed by atoms with Crippen molar-refractivity contribution in [2.75, 3.05) is 0 Å². The Morgan fingerprint density at radius 1 is 0.625 bits per heavy atom. The highest BCUT2D eigenvalue weighted by molar-refractivity contribution is 6.16. The molecule has 0 N–H and O–H groups in total. The second kappa shape index (κ2) is 6.54. The number of aryl methyl sites for hydroxylation is 1. The molecular weight excluding hydrogens is 392 g/mol. The minimum Gasteiger partial charge on any atom is -0.339 e. The van der Waals surface area contributed by atoms with E-state index in [-0.39, 0.29) is 17.5 Å². The maximum absolute atomic E-state index is 6.40. The van der Waals surface area contributed by atoms with Gasteiger partial charge < -0.3 is 9.47 Å². The Morgan fingerprint density at radius 2 is 1.28 bits per heavy atom. The average molecular weight is 421 g/mol. The van der Waals surface area contributed by atoms with Crippen LogP contribution in [0.1, 0.15) is 45.1 Å². The zero-order chi connectivity index (χ0) is 22.3. The molecule has 1 heterocycles. The number of hydrogen-bond acceptors (Lipinski definition) is 2.